The molecule has 100 valence electrons. The fourth-order valence-corrected chi connectivity index (χ4v) is 2.40. The normalized spacial score (nSPS) is 22.1. The summed E-state index contributed by atoms with van der Waals surface area (Å²) in [6.07, 6.45) is 1.13. The van der Waals surface area contributed by atoms with E-state index in [9.17, 15) is 0 Å². The standard InChI is InChI=1S/C15H24N2O/c1-11(2)9-12-3-5-13(6-4-12)15(16)14-10-18-8-7-17-14/h3-6,11,14-15,17H,7-10,16H2,1-2H3. The van der Waals surface area contributed by atoms with Gasteiger partial charge in [-0.05, 0) is 23.5 Å². The number of nitrogens with one attached hydrogen (secondary N) is 1. The summed E-state index contributed by atoms with van der Waals surface area (Å²) in [5, 5.41) is 3.41. The molecule has 1 heterocycles. The van der Waals surface area contributed by atoms with Gasteiger partial charge in [0.1, 0.15) is 0 Å². The SMILES string of the molecule is CC(C)Cc1ccc(C(N)C2COCCN2)cc1. The van der Waals surface area contributed by atoms with Crippen LogP contribution in [-0.4, -0.2) is 25.8 Å². The second kappa shape index (κ2) is 6.32. The van der Waals surface area contributed by atoms with Gasteiger partial charge in [0, 0.05) is 18.6 Å². The number of hydrogen-bond acceptors (Lipinski definition) is 3. The maximum absolute atomic E-state index is 6.28. The molecule has 3 nitrogen and oxygen atoms in total. The molecule has 0 saturated carbocycles. The zero-order valence-corrected chi connectivity index (χ0v) is 11.4. The smallest absolute Gasteiger partial charge is 0.0638 e. The Bertz CT molecular complexity index is 355. The highest BCUT2D eigenvalue weighted by molar-refractivity contribution is 5.26. The molecule has 0 spiro atoms. The van der Waals surface area contributed by atoms with Crippen LogP contribution in [0.2, 0.25) is 0 Å². The van der Waals surface area contributed by atoms with E-state index in [1.807, 2.05) is 0 Å². The summed E-state index contributed by atoms with van der Waals surface area (Å²) in [4.78, 5) is 0. The van der Waals surface area contributed by atoms with Crippen molar-refractivity contribution in [3.63, 3.8) is 0 Å². The summed E-state index contributed by atoms with van der Waals surface area (Å²) in [6, 6.07) is 8.93. The van der Waals surface area contributed by atoms with Crippen molar-refractivity contribution < 1.29 is 4.74 Å². The van der Waals surface area contributed by atoms with Crippen LogP contribution in [0.5, 0.6) is 0 Å². The van der Waals surface area contributed by atoms with Crippen molar-refractivity contribution in [3.05, 3.63) is 35.4 Å². The summed E-state index contributed by atoms with van der Waals surface area (Å²) >= 11 is 0. The van der Waals surface area contributed by atoms with E-state index in [0.717, 1.165) is 19.6 Å². The highest BCUT2D eigenvalue weighted by Gasteiger charge is 2.21. The van der Waals surface area contributed by atoms with Gasteiger partial charge in [-0.25, -0.2) is 0 Å². The molecule has 2 rings (SSSR count). The fourth-order valence-electron chi connectivity index (χ4n) is 2.40. The zero-order chi connectivity index (χ0) is 13.0. The Kier molecular flexibility index (Phi) is 4.75. The van der Waals surface area contributed by atoms with Crippen LogP contribution in [-0.2, 0) is 11.2 Å². The fraction of sp³-hybridized carbons (Fsp3) is 0.600. The molecule has 1 aromatic rings. The molecule has 0 amide bonds. The number of rotatable bonds is 4. The van der Waals surface area contributed by atoms with Gasteiger partial charge in [-0.2, -0.15) is 0 Å². The van der Waals surface area contributed by atoms with Gasteiger partial charge in [0.05, 0.1) is 13.2 Å². The number of hydrogen-bond donors (Lipinski definition) is 2. The largest absolute Gasteiger partial charge is 0.378 e. The number of morpholine rings is 1. The van der Waals surface area contributed by atoms with Gasteiger partial charge in [-0.15, -0.1) is 0 Å². The van der Waals surface area contributed by atoms with E-state index in [2.05, 4.69) is 43.4 Å². The zero-order valence-electron chi connectivity index (χ0n) is 11.4. The molecule has 0 bridgehead atoms. The van der Waals surface area contributed by atoms with Crippen molar-refractivity contribution in [2.24, 2.45) is 11.7 Å². The van der Waals surface area contributed by atoms with Gasteiger partial charge >= 0.3 is 0 Å². The first kappa shape index (κ1) is 13.5. The van der Waals surface area contributed by atoms with E-state index < -0.39 is 0 Å². The van der Waals surface area contributed by atoms with Gasteiger partial charge in [0.15, 0.2) is 0 Å². The highest BCUT2D eigenvalue weighted by Crippen LogP contribution is 2.18. The molecular formula is C15H24N2O. The van der Waals surface area contributed by atoms with Crippen molar-refractivity contribution in [2.75, 3.05) is 19.8 Å². The van der Waals surface area contributed by atoms with Crippen LogP contribution < -0.4 is 11.1 Å². The molecular weight excluding hydrogens is 224 g/mol. The number of ether oxygens (including phenoxy) is 1. The van der Waals surface area contributed by atoms with Crippen LogP contribution in [0.25, 0.3) is 0 Å². The van der Waals surface area contributed by atoms with Crippen molar-refractivity contribution >= 4 is 0 Å². The minimum atomic E-state index is 0.0124. The maximum Gasteiger partial charge on any atom is 0.0638 e. The monoisotopic (exact) mass is 248 g/mol. The molecule has 1 aromatic carbocycles. The lowest BCUT2D eigenvalue weighted by Gasteiger charge is -2.29. The summed E-state index contributed by atoms with van der Waals surface area (Å²) in [5.41, 5.74) is 8.85. The van der Waals surface area contributed by atoms with Crippen LogP contribution in [0.1, 0.15) is 31.0 Å². The topological polar surface area (TPSA) is 47.3 Å². The van der Waals surface area contributed by atoms with E-state index in [0.29, 0.717) is 12.5 Å². The molecule has 0 radical (unpaired) electrons. The Morgan fingerprint density at radius 2 is 2.06 bits per heavy atom. The molecule has 2 atom stereocenters. The predicted octanol–water partition coefficient (Wildman–Crippen LogP) is 1.87. The predicted molar refractivity (Wildman–Crippen MR) is 74.5 cm³/mol. The average molecular weight is 248 g/mol. The lowest BCUT2D eigenvalue weighted by molar-refractivity contribution is 0.0685. The first-order chi connectivity index (χ1) is 8.66. The first-order valence-corrected chi connectivity index (χ1v) is 6.82. The molecule has 3 heteroatoms. The van der Waals surface area contributed by atoms with Crippen LogP contribution in [0, 0.1) is 5.92 Å². The van der Waals surface area contributed by atoms with Gasteiger partial charge in [0.25, 0.3) is 0 Å². The third-order valence-electron chi connectivity index (χ3n) is 3.39. The average Bonchev–Trinajstić information content (AvgIpc) is 2.39. The van der Waals surface area contributed by atoms with Crippen LogP contribution in [0.3, 0.4) is 0 Å². The van der Waals surface area contributed by atoms with Crippen molar-refractivity contribution in [2.45, 2.75) is 32.4 Å². The Labute approximate surface area is 110 Å². The summed E-state index contributed by atoms with van der Waals surface area (Å²) in [7, 11) is 0. The van der Waals surface area contributed by atoms with Gasteiger partial charge in [0.2, 0.25) is 0 Å². The summed E-state index contributed by atoms with van der Waals surface area (Å²) < 4.78 is 5.46. The van der Waals surface area contributed by atoms with E-state index in [1.165, 1.54) is 11.1 Å². The number of nitrogens with two attached hydrogens (primary N) is 1. The maximum atomic E-state index is 6.28. The molecule has 1 aliphatic heterocycles. The molecule has 18 heavy (non-hydrogen) atoms. The third-order valence-corrected chi connectivity index (χ3v) is 3.39. The van der Waals surface area contributed by atoms with Crippen molar-refractivity contribution in [3.8, 4) is 0 Å². The van der Waals surface area contributed by atoms with Crippen molar-refractivity contribution in [1.29, 1.82) is 0 Å². The molecule has 1 saturated heterocycles. The molecule has 2 unspecified atom stereocenters. The van der Waals surface area contributed by atoms with Crippen molar-refractivity contribution in [1.82, 2.24) is 5.32 Å². The molecule has 0 aromatic heterocycles. The number of benzene rings is 1. The molecule has 1 aliphatic rings. The molecule has 0 aliphatic carbocycles. The van der Waals surface area contributed by atoms with E-state index >= 15 is 0 Å². The highest BCUT2D eigenvalue weighted by atomic mass is 16.5. The van der Waals surface area contributed by atoms with E-state index in [4.69, 9.17) is 10.5 Å². The quantitative estimate of drug-likeness (QED) is 0.855. The lowest BCUT2D eigenvalue weighted by atomic mass is 9.96. The summed E-state index contributed by atoms with van der Waals surface area (Å²) in [5.74, 6) is 0.693. The third kappa shape index (κ3) is 3.55. The molecule has 1 fully saturated rings. The van der Waals surface area contributed by atoms with Gasteiger partial charge in [-0.3, -0.25) is 0 Å². The Hall–Kier alpha value is -0.900. The Morgan fingerprint density at radius 1 is 1.33 bits per heavy atom. The summed E-state index contributed by atoms with van der Waals surface area (Å²) in [6.45, 7) is 6.86. The van der Waals surface area contributed by atoms with Crippen LogP contribution in [0.4, 0.5) is 0 Å². The van der Waals surface area contributed by atoms with E-state index in [1.54, 1.807) is 0 Å². The molecule has 3 N–H and O–H groups in total. The van der Waals surface area contributed by atoms with Gasteiger partial charge < -0.3 is 15.8 Å². The Morgan fingerprint density at radius 3 is 2.61 bits per heavy atom. The second-order valence-electron chi connectivity index (χ2n) is 5.50. The minimum Gasteiger partial charge on any atom is -0.378 e. The Balaban J connectivity index is 1.99. The second-order valence-corrected chi connectivity index (χ2v) is 5.50. The van der Waals surface area contributed by atoms with Crippen LogP contribution >= 0.6 is 0 Å². The van der Waals surface area contributed by atoms with Crippen LogP contribution in [0.15, 0.2) is 24.3 Å². The van der Waals surface area contributed by atoms with E-state index in [-0.39, 0.29) is 12.1 Å². The lowest BCUT2D eigenvalue weighted by Crippen LogP contribution is -2.47. The van der Waals surface area contributed by atoms with Gasteiger partial charge in [-0.1, -0.05) is 38.1 Å². The minimum absolute atomic E-state index is 0.0124. The first-order valence-electron chi connectivity index (χ1n) is 6.82.